The van der Waals surface area contributed by atoms with Gasteiger partial charge in [-0.1, -0.05) is 6.07 Å². The van der Waals surface area contributed by atoms with Crippen molar-refractivity contribution < 1.29 is 13.5 Å². The molecule has 0 bridgehead atoms. The molecule has 0 aliphatic heterocycles. The quantitative estimate of drug-likeness (QED) is 0.834. The Kier molecular flexibility index (Phi) is 5.39. The second-order valence-corrected chi connectivity index (χ2v) is 5.30. The summed E-state index contributed by atoms with van der Waals surface area (Å²) in [6.07, 6.45) is 3.55. The number of furan rings is 1. The van der Waals surface area contributed by atoms with E-state index in [-0.39, 0.29) is 17.6 Å². The van der Waals surface area contributed by atoms with Crippen molar-refractivity contribution in [2.24, 2.45) is 0 Å². The summed E-state index contributed by atoms with van der Waals surface area (Å²) in [6.45, 7) is 4.16. The minimum atomic E-state index is -0.327. The lowest BCUT2D eigenvalue weighted by atomic mass is 10.1. The van der Waals surface area contributed by atoms with Crippen molar-refractivity contribution in [3.05, 3.63) is 53.7 Å². The molecule has 0 aliphatic rings. The van der Waals surface area contributed by atoms with Gasteiger partial charge >= 0.3 is 0 Å². The maximum absolute atomic E-state index is 13.7. The molecule has 2 atom stereocenters. The van der Waals surface area contributed by atoms with E-state index in [9.17, 15) is 4.39 Å². The fourth-order valence-corrected chi connectivity index (χ4v) is 2.37. The average molecular weight is 291 g/mol. The molecule has 1 heterocycles. The Balaban J connectivity index is 1.88. The van der Waals surface area contributed by atoms with Gasteiger partial charge in [-0.15, -0.1) is 0 Å². The summed E-state index contributed by atoms with van der Waals surface area (Å²) in [6, 6.07) is 9.35. The third-order valence-electron chi connectivity index (χ3n) is 3.61. The van der Waals surface area contributed by atoms with Crippen LogP contribution in [-0.4, -0.2) is 13.2 Å². The molecule has 0 spiro atoms. The second-order valence-electron chi connectivity index (χ2n) is 5.30. The van der Waals surface area contributed by atoms with Crippen molar-refractivity contribution in [3.8, 4) is 5.75 Å². The zero-order chi connectivity index (χ0) is 15.2. The van der Waals surface area contributed by atoms with Gasteiger partial charge in [-0.05, 0) is 50.1 Å². The highest BCUT2D eigenvalue weighted by molar-refractivity contribution is 5.30. The van der Waals surface area contributed by atoms with Gasteiger partial charge in [0.25, 0.3) is 0 Å². The smallest absolute Gasteiger partial charge is 0.165 e. The second kappa shape index (κ2) is 7.27. The molecule has 1 aromatic heterocycles. The zero-order valence-corrected chi connectivity index (χ0v) is 12.7. The Morgan fingerprint density at radius 2 is 2.10 bits per heavy atom. The molecule has 2 aromatic rings. The van der Waals surface area contributed by atoms with E-state index in [2.05, 4.69) is 12.2 Å². The molecule has 4 heteroatoms. The number of nitrogens with one attached hydrogen (secondary N) is 1. The van der Waals surface area contributed by atoms with Crippen molar-refractivity contribution in [1.29, 1.82) is 0 Å². The normalized spacial score (nSPS) is 13.9. The molecule has 2 unspecified atom stereocenters. The van der Waals surface area contributed by atoms with Crippen LogP contribution in [0.25, 0.3) is 0 Å². The molecule has 0 radical (unpaired) electrons. The highest BCUT2D eigenvalue weighted by Gasteiger charge is 2.12. The van der Waals surface area contributed by atoms with Gasteiger partial charge in [0.1, 0.15) is 5.76 Å². The standard InChI is InChI=1S/C17H22FNO2/c1-12(6-8-15-5-4-10-21-15)19-13(2)14-7-9-17(20-3)16(18)11-14/h4-5,7,9-13,19H,6,8H2,1-3H3. The van der Waals surface area contributed by atoms with Crippen LogP contribution in [-0.2, 0) is 6.42 Å². The van der Waals surface area contributed by atoms with E-state index in [1.165, 1.54) is 13.2 Å². The van der Waals surface area contributed by atoms with Crippen molar-refractivity contribution in [2.75, 3.05) is 7.11 Å². The maximum Gasteiger partial charge on any atom is 0.165 e. The van der Waals surface area contributed by atoms with Gasteiger partial charge in [0.15, 0.2) is 11.6 Å². The topological polar surface area (TPSA) is 34.4 Å². The fraction of sp³-hybridized carbons (Fsp3) is 0.412. The van der Waals surface area contributed by atoms with E-state index in [1.54, 1.807) is 12.3 Å². The number of benzene rings is 1. The van der Waals surface area contributed by atoms with Crippen molar-refractivity contribution in [2.45, 2.75) is 38.8 Å². The SMILES string of the molecule is COc1ccc(C(C)NC(C)CCc2ccco2)cc1F. The molecule has 21 heavy (non-hydrogen) atoms. The predicted octanol–water partition coefficient (Wildman–Crippen LogP) is 4.10. The monoisotopic (exact) mass is 291 g/mol. The Labute approximate surface area is 125 Å². The van der Waals surface area contributed by atoms with Crippen molar-refractivity contribution in [1.82, 2.24) is 5.32 Å². The average Bonchev–Trinajstić information content (AvgIpc) is 2.98. The summed E-state index contributed by atoms with van der Waals surface area (Å²) >= 11 is 0. The van der Waals surface area contributed by atoms with Gasteiger partial charge in [-0.3, -0.25) is 0 Å². The maximum atomic E-state index is 13.7. The number of halogens is 1. The summed E-state index contributed by atoms with van der Waals surface area (Å²) < 4.78 is 24.0. The summed E-state index contributed by atoms with van der Waals surface area (Å²) in [5.74, 6) is 0.940. The van der Waals surface area contributed by atoms with Crippen LogP contribution in [0, 0.1) is 5.82 Å². The number of ether oxygens (including phenoxy) is 1. The highest BCUT2D eigenvalue weighted by atomic mass is 19.1. The molecule has 0 fully saturated rings. The fourth-order valence-electron chi connectivity index (χ4n) is 2.37. The molecule has 0 aliphatic carbocycles. The van der Waals surface area contributed by atoms with Crippen LogP contribution in [0.1, 0.15) is 37.6 Å². The molecule has 3 nitrogen and oxygen atoms in total. The first-order chi connectivity index (χ1) is 10.1. The summed E-state index contributed by atoms with van der Waals surface area (Å²) in [5.41, 5.74) is 0.915. The number of hydrogen-bond acceptors (Lipinski definition) is 3. The summed E-state index contributed by atoms with van der Waals surface area (Å²) in [7, 11) is 1.47. The van der Waals surface area contributed by atoms with Crippen LogP contribution >= 0.6 is 0 Å². The van der Waals surface area contributed by atoms with Crippen molar-refractivity contribution in [3.63, 3.8) is 0 Å². The van der Waals surface area contributed by atoms with Gasteiger partial charge in [0.05, 0.1) is 13.4 Å². The van der Waals surface area contributed by atoms with Gasteiger partial charge < -0.3 is 14.5 Å². The Morgan fingerprint density at radius 3 is 2.71 bits per heavy atom. The lowest BCUT2D eigenvalue weighted by Crippen LogP contribution is -2.29. The first kappa shape index (κ1) is 15.6. The van der Waals surface area contributed by atoms with Crippen LogP contribution in [0.3, 0.4) is 0 Å². The van der Waals surface area contributed by atoms with E-state index in [4.69, 9.17) is 9.15 Å². The number of aryl methyl sites for hydroxylation is 1. The van der Waals surface area contributed by atoms with E-state index in [1.807, 2.05) is 25.1 Å². The number of hydrogen-bond donors (Lipinski definition) is 1. The molecule has 0 amide bonds. The molecular formula is C17H22FNO2. The molecular weight excluding hydrogens is 269 g/mol. The molecule has 1 N–H and O–H groups in total. The van der Waals surface area contributed by atoms with Gasteiger partial charge in [-0.2, -0.15) is 0 Å². The van der Waals surface area contributed by atoms with E-state index < -0.39 is 0 Å². The van der Waals surface area contributed by atoms with Crippen LogP contribution in [0.2, 0.25) is 0 Å². The Bertz CT molecular complexity index is 554. The van der Waals surface area contributed by atoms with Crippen LogP contribution in [0.4, 0.5) is 4.39 Å². The first-order valence-corrected chi connectivity index (χ1v) is 7.22. The number of rotatable bonds is 7. The van der Waals surface area contributed by atoms with Gasteiger partial charge in [0, 0.05) is 18.5 Å². The van der Waals surface area contributed by atoms with Crippen molar-refractivity contribution >= 4 is 0 Å². The molecule has 114 valence electrons. The first-order valence-electron chi connectivity index (χ1n) is 7.22. The van der Waals surface area contributed by atoms with Gasteiger partial charge in [0.2, 0.25) is 0 Å². The molecule has 0 saturated carbocycles. The van der Waals surface area contributed by atoms with Crippen LogP contribution in [0.15, 0.2) is 41.0 Å². The highest BCUT2D eigenvalue weighted by Crippen LogP contribution is 2.22. The lowest BCUT2D eigenvalue weighted by molar-refractivity contribution is 0.384. The third-order valence-corrected chi connectivity index (χ3v) is 3.61. The Morgan fingerprint density at radius 1 is 1.29 bits per heavy atom. The third kappa shape index (κ3) is 4.33. The van der Waals surface area contributed by atoms with Gasteiger partial charge in [-0.25, -0.2) is 4.39 Å². The van der Waals surface area contributed by atoms with Crippen LogP contribution < -0.4 is 10.1 Å². The molecule has 1 aromatic carbocycles. The minimum Gasteiger partial charge on any atom is -0.494 e. The van der Waals surface area contributed by atoms with E-state index in [0.29, 0.717) is 6.04 Å². The molecule has 0 saturated heterocycles. The lowest BCUT2D eigenvalue weighted by Gasteiger charge is -2.20. The largest absolute Gasteiger partial charge is 0.494 e. The predicted molar refractivity (Wildman–Crippen MR) is 81.0 cm³/mol. The van der Waals surface area contributed by atoms with Crippen LogP contribution in [0.5, 0.6) is 5.75 Å². The minimum absolute atomic E-state index is 0.0806. The zero-order valence-electron chi connectivity index (χ0n) is 12.7. The Hall–Kier alpha value is -1.81. The summed E-state index contributed by atoms with van der Waals surface area (Å²) in [5, 5.41) is 3.47. The van der Waals surface area contributed by atoms with E-state index >= 15 is 0 Å². The molecule has 2 rings (SSSR count). The number of methoxy groups -OCH3 is 1. The summed E-state index contributed by atoms with van der Waals surface area (Å²) in [4.78, 5) is 0. The van der Waals surface area contributed by atoms with E-state index in [0.717, 1.165) is 24.2 Å².